The van der Waals surface area contributed by atoms with Crippen LogP contribution in [0.1, 0.15) is 48.7 Å². The number of aryl methyl sites for hydroxylation is 2. The molecule has 1 unspecified atom stereocenters. The summed E-state index contributed by atoms with van der Waals surface area (Å²) in [7, 11) is 0. The van der Waals surface area contributed by atoms with Crippen molar-refractivity contribution < 1.29 is 13.8 Å². The molecule has 1 atom stereocenters. The number of allylic oxidation sites excluding steroid dienone is 1. The van der Waals surface area contributed by atoms with Crippen LogP contribution in [0, 0.1) is 13.8 Å². The molecule has 3 N–H and O–H groups in total. The molecule has 0 aliphatic carbocycles. The van der Waals surface area contributed by atoms with Crippen molar-refractivity contribution in [3.05, 3.63) is 100 Å². The Bertz CT molecular complexity index is 1250. The first-order valence-corrected chi connectivity index (χ1v) is 14.6. The van der Waals surface area contributed by atoms with Crippen LogP contribution in [0.25, 0.3) is 0 Å². The molecule has 0 bridgehead atoms. The Morgan fingerprint density at radius 3 is 2.20 bits per heavy atom. The Labute approximate surface area is 250 Å². The van der Waals surface area contributed by atoms with Gasteiger partial charge in [-0.05, 0) is 80.4 Å². The second-order valence-electron chi connectivity index (χ2n) is 8.72. The van der Waals surface area contributed by atoms with Crippen LogP contribution in [-0.4, -0.2) is 29.6 Å². The Morgan fingerprint density at radius 2 is 1.73 bits per heavy atom. The van der Waals surface area contributed by atoms with Crippen LogP contribution in [0.2, 0.25) is 5.02 Å². The zero-order valence-corrected chi connectivity index (χ0v) is 25.9. The first kappa shape index (κ1) is 34.9. The molecule has 4 rings (SSSR count). The molecule has 0 spiro atoms. The number of anilines is 3. The number of rotatable bonds is 5. The van der Waals surface area contributed by atoms with E-state index in [2.05, 4.69) is 35.8 Å². The van der Waals surface area contributed by atoms with E-state index in [9.17, 15) is 13.8 Å². The van der Waals surface area contributed by atoms with Gasteiger partial charge in [-0.3, -0.25) is 13.9 Å². The zero-order valence-electron chi connectivity index (χ0n) is 23.6. The van der Waals surface area contributed by atoms with Crippen LogP contribution in [0.3, 0.4) is 0 Å². The maximum atomic E-state index is 12.4. The van der Waals surface area contributed by atoms with Crippen molar-refractivity contribution in [2.75, 3.05) is 28.0 Å². The summed E-state index contributed by atoms with van der Waals surface area (Å²) in [4.78, 5) is 23.0. The smallest absolute Gasteiger partial charge is 0.255 e. The average Bonchev–Trinajstić information content (AvgIpc) is 3.32. The van der Waals surface area contributed by atoms with Crippen LogP contribution >= 0.6 is 23.2 Å². The molecule has 1 aliphatic heterocycles. The molecular formula is C30H38Cl2N4O3S. The first-order valence-electron chi connectivity index (χ1n) is 12.7. The van der Waals surface area contributed by atoms with Crippen LogP contribution < -0.4 is 19.7 Å². The summed E-state index contributed by atoms with van der Waals surface area (Å²) < 4.78 is 16.3. The minimum atomic E-state index is -1.22. The molecule has 1 aliphatic rings. The van der Waals surface area contributed by atoms with Crippen molar-refractivity contribution in [1.29, 1.82) is 0 Å². The molecule has 0 radical (unpaired) electrons. The van der Waals surface area contributed by atoms with E-state index in [0.29, 0.717) is 41.5 Å². The molecule has 1 heterocycles. The monoisotopic (exact) mass is 604 g/mol. The normalized spacial score (nSPS) is 13.3. The lowest BCUT2D eigenvalue weighted by atomic mass is 10.1. The fraction of sp³-hybridized carbons (Fsp3) is 0.267. The summed E-state index contributed by atoms with van der Waals surface area (Å²) in [6.07, 6.45) is 1.85. The van der Waals surface area contributed by atoms with Gasteiger partial charge in [-0.15, -0.1) is 0 Å². The minimum absolute atomic E-state index is 0.256. The van der Waals surface area contributed by atoms with E-state index in [1.54, 1.807) is 47.6 Å². The largest absolute Gasteiger partial charge is 0.328 e. The Kier molecular flexibility index (Phi) is 16.6. The van der Waals surface area contributed by atoms with Gasteiger partial charge in [-0.2, -0.15) is 0 Å². The number of carbonyl (C=O) groups excluding carboxylic acids is 2. The third-order valence-electron chi connectivity index (χ3n) is 4.85. The highest BCUT2D eigenvalue weighted by atomic mass is 35.5. The average molecular weight is 606 g/mol. The Balaban J connectivity index is 0.000000437. The topological polar surface area (TPSA) is 90.5 Å². The van der Waals surface area contributed by atoms with Crippen LogP contribution in [0.4, 0.5) is 17.1 Å². The van der Waals surface area contributed by atoms with Crippen LogP contribution in [-0.2, 0) is 16.0 Å². The third kappa shape index (κ3) is 13.3. The number of benzene rings is 3. The van der Waals surface area contributed by atoms with E-state index in [4.69, 9.17) is 23.2 Å². The molecule has 2 amide bonds. The van der Waals surface area contributed by atoms with Gasteiger partial charge in [0, 0.05) is 40.1 Å². The Hall–Kier alpha value is -3.17. The van der Waals surface area contributed by atoms with E-state index in [1.807, 2.05) is 44.2 Å². The molecule has 10 heteroatoms. The van der Waals surface area contributed by atoms with Crippen molar-refractivity contribution in [2.24, 2.45) is 0 Å². The van der Waals surface area contributed by atoms with Gasteiger partial charge in [0.05, 0.1) is 5.69 Å². The maximum absolute atomic E-state index is 12.4. The summed E-state index contributed by atoms with van der Waals surface area (Å²) in [6.45, 7) is 14.5. The number of hydrogen-bond donors (Lipinski definition) is 3. The lowest BCUT2D eigenvalue weighted by Crippen LogP contribution is -2.22. The summed E-state index contributed by atoms with van der Waals surface area (Å²) in [5, 5.41) is 6.85. The van der Waals surface area contributed by atoms with Gasteiger partial charge in [-0.25, -0.2) is 8.93 Å². The number of nitrogens with one attached hydrogen (secondary N) is 3. The van der Waals surface area contributed by atoms with E-state index in [-0.39, 0.29) is 5.91 Å². The molecule has 40 heavy (non-hydrogen) atoms. The minimum Gasteiger partial charge on any atom is -0.328 e. The highest BCUT2D eigenvalue weighted by Gasteiger charge is 2.20. The molecule has 1 fully saturated rings. The maximum Gasteiger partial charge on any atom is 0.255 e. The lowest BCUT2D eigenvalue weighted by molar-refractivity contribution is -0.105. The van der Waals surface area contributed by atoms with E-state index in [1.165, 1.54) is 12.0 Å². The fourth-order valence-corrected chi connectivity index (χ4v) is 4.36. The predicted molar refractivity (Wildman–Crippen MR) is 172 cm³/mol. The number of halogens is 2. The highest BCUT2D eigenvalue weighted by molar-refractivity contribution is 7.84. The molecule has 3 aromatic rings. The summed E-state index contributed by atoms with van der Waals surface area (Å²) in [5.41, 5.74) is 4.64. The number of hydrogen-bond acceptors (Lipinski definition) is 3. The van der Waals surface area contributed by atoms with Crippen molar-refractivity contribution in [3.63, 3.8) is 0 Å². The SMILES string of the molecule is C=C(C)Cl.CCC.Cc1ccc(NC(=O)c2ccc(N3CCNS3=O)cc2)cc1NC=O.Cc1cccc(Cl)c1. The summed E-state index contributed by atoms with van der Waals surface area (Å²) in [5.74, 6) is -0.256. The molecule has 7 nitrogen and oxygen atoms in total. The highest BCUT2D eigenvalue weighted by Crippen LogP contribution is 2.22. The summed E-state index contributed by atoms with van der Waals surface area (Å²) in [6, 6.07) is 20.0. The fourth-order valence-electron chi connectivity index (χ4n) is 3.13. The second kappa shape index (κ2) is 19.0. The lowest BCUT2D eigenvalue weighted by Gasteiger charge is -2.15. The second-order valence-corrected chi connectivity index (χ2v) is 11.0. The van der Waals surface area contributed by atoms with Gasteiger partial charge < -0.3 is 10.6 Å². The molecule has 3 aromatic carbocycles. The van der Waals surface area contributed by atoms with E-state index >= 15 is 0 Å². The van der Waals surface area contributed by atoms with Gasteiger partial charge in [-0.1, -0.05) is 68.2 Å². The summed E-state index contributed by atoms with van der Waals surface area (Å²) >= 11 is 9.51. The molecule has 0 saturated carbocycles. The van der Waals surface area contributed by atoms with Gasteiger partial charge in [0.1, 0.15) is 0 Å². The first-order chi connectivity index (χ1) is 19.0. The van der Waals surface area contributed by atoms with Crippen molar-refractivity contribution in [2.45, 2.75) is 41.0 Å². The van der Waals surface area contributed by atoms with Crippen molar-refractivity contribution in [1.82, 2.24) is 4.72 Å². The van der Waals surface area contributed by atoms with Gasteiger partial charge in [0.25, 0.3) is 5.91 Å². The van der Waals surface area contributed by atoms with E-state index < -0.39 is 11.2 Å². The van der Waals surface area contributed by atoms with Gasteiger partial charge in [0.15, 0.2) is 11.2 Å². The van der Waals surface area contributed by atoms with Crippen molar-refractivity contribution in [3.8, 4) is 0 Å². The quantitative estimate of drug-likeness (QED) is 0.261. The van der Waals surface area contributed by atoms with Gasteiger partial charge >= 0.3 is 0 Å². The van der Waals surface area contributed by atoms with Crippen LogP contribution in [0.5, 0.6) is 0 Å². The van der Waals surface area contributed by atoms with Crippen LogP contribution in [0.15, 0.2) is 78.3 Å². The molecule has 0 aromatic heterocycles. The van der Waals surface area contributed by atoms with E-state index in [0.717, 1.165) is 16.3 Å². The third-order valence-corrected chi connectivity index (χ3v) is 6.33. The van der Waals surface area contributed by atoms with Crippen molar-refractivity contribution >= 4 is 63.8 Å². The predicted octanol–water partition coefficient (Wildman–Crippen LogP) is 7.63. The zero-order chi connectivity index (χ0) is 30.1. The molecule has 216 valence electrons. The molecular weight excluding hydrogens is 567 g/mol. The Morgan fingerprint density at radius 1 is 1.10 bits per heavy atom. The number of carbonyl (C=O) groups is 2. The standard InChI is InChI=1S/C17H18N4O3S.C7H7Cl.C3H5Cl.C3H8/c1-12-2-5-14(10-16(12)18-11-22)20-17(23)13-3-6-15(7-4-13)21-9-8-19-25(21)24;1-6-3-2-4-7(8)5-6;1-3(2)4;1-3-2/h2-7,10-11,19H,8-9H2,1H3,(H,18,22)(H,20,23);2-5H,1H3;1H2,2H3;3H2,1-2H3. The van der Waals surface area contributed by atoms with Gasteiger partial charge in [0.2, 0.25) is 6.41 Å². The number of amides is 2. The molecule has 1 saturated heterocycles. The number of nitrogens with zero attached hydrogens (tertiary/aromatic N) is 1.